The number of ether oxygens (including phenoxy) is 4. The first-order valence-corrected chi connectivity index (χ1v) is 36.1. The summed E-state index contributed by atoms with van der Waals surface area (Å²) in [5, 5.41) is 23.4. The minimum atomic E-state index is -1.66. The molecule has 13 rings (SSSR count). The Morgan fingerprint density at radius 1 is 0.837 bits per heavy atom. The number of hydrogen-bond acceptors (Lipinski definition) is 19. The van der Waals surface area contributed by atoms with Crippen molar-refractivity contribution < 1.29 is 72.3 Å². The Morgan fingerprint density at radius 2 is 1.50 bits per heavy atom. The molecule has 19 atom stereocenters. The topological polar surface area (TPSA) is 293 Å². The fourth-order valence-electron chi connectivity index (χ4n) is 21.8. The lowest BCUT2D eigenvalue weighted by molar-refractivity contribution is -0.187. The molecule has 0 radical (unpaired) electrons. The molecular weight excluding hydrogens is 1320 g/mol. The van der Waals surface area contributed by atoms with Crippen LogP contribution >= 0.6 is 35.6 Å². The number of halogens is 3. The predicted molar refractivity (Wildman–Crippen MR) is 370 cm³/mol. The van der Waals surface area contributed by atoms with Crippen LogP contribution in [0.15, 0.2) is 82.3 Å². The van der Waals surface area contributed by atoms with E-state index in [-0.39, 0.29) is 125 Å². The molecule has 536 valence electrons. The monoisotopic (exact) mass is 1420 g/mol. The van der Waals surface area contributed by atoms with E-state index in [9.17, 15) is 53.4 Å². The largest absolute Gasteiger partial charge is 0.458 e. The third kappa shape index (κ3) is 12.1. The average Bonchev–Trinajstić information content (AvgIpc) is 1.48. The number of Topliss-reactive ketones (excluding diaryl/α,β-unsaturated/α-hetero) is 4. The number of carbonyl (C=O) groups excluding carboxylic acids is 9. The summed E-state index contributed by atoms with van der Waals surface area (Å²) in [6.45, 7) is 16.8. The number of primary amides is 1. The highest BCUT2D eigenvalue weighted by atomic mass is 35.5. The van der Waals surface area contributed by atoms with Crippen molar-refractivity contribution in [3.05, 3.63) is 87.8 Å². The minimum Gasteiger partial charge on any atom is -0.458 e. The lowest BCUT2D eigenvalue weighted by atomic mass is 9.44. The average molecular weight is 1420 g/mol. The van der Waals surface area contributed by atoms with Gasteiger partial charge in [-0.3, -0.25) is 43.3 Å². The van der Waals surface area contributed by atoms with Gasteiger partial charge in [0, 0.05) is 103 Å². The van der Waals surface area contributed by atoms with Crippen LogP contribution in [-0.4, -0.2) is 167 Å². The van der Waals surface area contributed by atoms with Crippen LogP contribution in [0.25, 0.3) is 0 Å². The van der Waals surface area contributed by atoms with Crippen molar-refractivity contribution in [1.29, 1.82) is 0 Å². The number of amides is 1. The normalized spacial score (nSPS) is 38.7. The molecule has 98 heavy (non-hydrogen) atoms. The van der Waals surface area contributed by atoms with E-state index in [4.69, 9.17) is 53.6 Å². The Hall–Kier alpha value is -5.74. The number of alkyl halides is 2. The first-order chi connectivity index (χ1) is 45.8. The van der Waals surface area contributed by atoms with Gasteiger partial charge in [-0.25, -0.2) is 4.79 Å². The number of rotatable bonds is 17. The Bertz CT molecular complexity index is 3580. The number of esters is 2. The van der Waals surface area contributed by atoms with Gasteiger partial charge in [0.15, 0.2) is 35.3 Å². The Labute approximate surface area is 591 Å². The molecule has 20 nitrogen and oxygen atoms in total. The van der Waals surface area contributed by atoms with Crippen LogP contribution in [0, 0.1) is 69.0 Å². The number of hydrogen-bond donors (Lipinski definition) is 4. The zero-order valence-corrected chi connectivity index (χ0v) is 60.7. The number of methoxy groups -OCH3 is 1. The molecule has 12 aliphatic rings. The first kappa shape index (κ1) is 74.9. The summed E-state index contributed by atoms with van der Waals surface area (Å²) in [7, 11) is 3.49. The molecule has 2 saturated heterocycles. The molecule has 0 spiro atoms. The second kappa shape index (κ2) is 27.9. The lowest BCUT2D eigenvalue weighted by Gasteiger charge is -2.60. The highest BCUT2D eigenvalue weighted by molar-refractivity contribution is 6.25. The quantitative estimate of drug-likeness (QED) is 0.0371. The van der Waals surface area contributed by atoms with Gasteiger partial charge in [-0.15, -0.1) is 35.6 Å². The molecule has 6 saturated carbocycles. The number of nitrogens with two attached hydrogens (primary N) is 2. The van der Waals surface area contributed by atoms with Crippen LogP contribution < -0.4 is 16.4 Å². The zero-order chi connectivity index (χ0) is 70.4. The summed E-state index contributed by atoms with van der Waals surface area (Å²) >= 11 is 11.8. The molecule has 6 N–H and O–H groups in total. The summed E-state index contributed by atoms with van der Waals surface area (Å²) in [5.74, 6) is 0.666. The van der Waals surface area contributed by atoms with Gasteiger partial charge >= 0.3 is 18.0 Å². The predicted octanol–water partition coefficient (Wildman–Crippen LogP) is 9.18. The number of benzene rings is 1. The number of nitrogens with zero attached hydrogens (tertiary/aromatic N) is 3. The van der Waals surface area contributed by atoms with E-state index in [2.05, 4.69) is 37.5 Å². The van der Waals surface area contributed by atoms with Gasteiger partial charge in [0.2, 0.25) is 17.3 Å². The molecule has 3 aliphatic heterocycles. The van der Waals surface area contributed by atoms with Gasteiger partial charge in [0.1, 0.15) is 12.2 Å². The van der Waals surface area contributed by atoms with E-state index < -0.39 is 70.0 Å². The van der Waals surface area contributed by atoms with Crippen LogP contribution in [0.2, 0.25) is 0 Å². The van der Waals surface area contributed by atoms with E-state index in [0.717, 1.165) is 61.8 Å². The standard InChI is InChI=1S/C35H45Cl2NO6.C24H34O4.C16H20N4O5.ClH/c1-33-14-12-26(39)20-24(33)8-11-27-28-13-15-35(43,34(28,2)21-29(40)32(27)33)30(41)22-44-31(42)5-3-4-23-6-9-25(10-7-23)38(18-16-36)19-17-37;1-14-12-18-19(22(4)9-6-17(27)13-21(14)22)7-10-23(5)20(18)8-11-24(23,15(2)25)28-16(3)26;1-6-10(17)13(22)9-7(5-25-15(18)23)16(24-3)14-8(19(14)2)4-20(16)11(9)12(6)21;/h6-7,9-10,12,14,20,27-29,32,40,43H,3-5,8,11,13,15-19,21-22H2,1-2H3;13-14,18-20H,6-12H2,1-5H3;7-8,14H,4-5,17H2,1-3H3,(H2,18,23);1H/t27-,28-,29-,32+,33-,34-,35-;14-,18+,19-,20-,22+,23-,24-;7-,8+,14+,16-,19?;/m001./s1. The number of aliphatic hydroxyl groups excluding tert-OH is 1. The Morgan fingerprint density at radius 3 is 2.14 bits per heavy atom. The molecule has 1 amide bonds. The Balaban J connectivity index is 0.000000167. The number of ketones is 6. The van der Waals surface area contributed by atoms with E-state index in [1.165, 1.54) is 19.6 Å². The third-order valence-electron chi connectivity index (χ3n) is 26.6. The summed E-state index contributed by atoms with van der Waals surface area (Å²) in [6, 6.07) is 8.33. The van der Waals surface area contributed by atoms with Gasteiger partial charge in [-0.2, -0.15) is 0 Å². The highest BCUT2D eigenvalue weighted by Crippen LogP contribution is 2.70. The van der Waals surface area contributed by atoms with Crippen molar-refractivity contribution in [3.63, 3.8) is 0 Å². The van der Waals surface area contributed by atoms with Crippen LogP contribution in [0.4, 0.5) is 10.5 Å². The molecule has 23 heteroatoms. The summed E-state index contributed by atoms with van der Waals surface area (Å²) in [6.07, 6.45) is 16.1. The molecule has 1 aromatic carbocycles. The smallest absolute Gasteiger partial charge is 0.404 e. The van der Waals surface area contributed by atoms with Crippen molar-refractivity contribution in [2.75, 3.05) is 63.7 Å². The van der Waals surface area contributed by atoms with Gasteiger partial charge in [-0.05, 0) is 181 Å². The third-order valence-corrected chi connectivity index (χ3v) is 26.9. The number of aliphatic hydroxyl groups is 2. The number of likely N-dealkylation sites (N-methyl/N-ethyl adjacent to an activating group) is 1. The molecule has 3 heterocycles. The van der Waals surface area contributed by atoms with E-state index in [1.54, 1.807) is 26.0 Å². The fourth-order valence-corrected chi connectivity index (χ4v) is 22.2. The van der Waals surface area contributed by atoms with E-state index in [0.29, 0.717) is 92.9 Å². The maximum absolute atomic E-state index is 13.5. The van der Waals surface area contributed by atoms with Crippen molar-refractivity contribution in [1.82, 2.24) is 9.80 Å². The van der Waals surface area contributed by atoms with Crippen molar-refractivity contribution in [2.45, 2.75) is 187 Å². The van der Waals surface area contributed by atoms with Crippen LogP contribution in [0.3, 0.4) is 0 Å². The summed E-state index contributed by atoms with van der Waals surface area (Å²) in [4.78, 5) is 118. The highest BCUT2D eigenvalue weighted by Gasteiger charge is 2.76. The number of aryl methyl sites for hydroxylation is 1. The number of carbonyl (C=O) groups is 9. The summed E-state index contributed by atoms with van der Waals surface area (Å²) in [5.41, 5.74) is 11.3. The molecule has 1 aromatic rings. The molecule has 9 aliphatic carbocycles. The molecule has 0 aromatic heterocycles. The SMILES string of the molecule is CC(=O)O[C@]1(C(C)=O)CC[C@H]2[C@@H]3C[C@H](C)C4=CC(=O)CC[C@]4(C)[C@H]3CC[C@@]21C.CO[C@@]12[C@H](COC(N)=O)C3=C(C(=O)C(C)=C(N)C3=O)N1C[C@H]1[C@@H]2N1C.C[C@]12C=CC(=O)C=C1CC[C@@H]1[C@@H]2[C@@H](O)C[C@@]2(C)[C@H]1CC[C@]2(O)C(=O)COC(=O)CCCc1ccc(N(CCCl)CCCl)cc1.Cl. The fraction of sp³-hybridized carbons (Fsp3) is 0.667. The van der Waals surface area contributed by atoms with E-state index in [1.807, 2.05) is 55.3 Å². The van der Waals surface area contributed by atoms with Gasteiger partial charge in [0.25, 0.3) is 0 Å². The van der Waals surface area contributed by atoms with Gasteiger partial charge in [0.05, 0.1) is 29.5 Å². The van der Waals surface area contributed by atoms with E-state index >= 15 is 0 Å². The van der Waals surface area contributed by atoms with Gasteiger partial charge < -0.3 is 50.4 Å². The zero-order valence-electron chi connectivity index (χ0n) is 58.4. The van der Waals surface area contributed by atoms with Crippen LogP contribution in [0.1, 0.15) is 151 Å². The molecule has 8 fully saturated rings. The van der Waals surface area contributed by atoms with Crippen molar-refractivity contribution in [3.8, 4) is 0 Å². The number of allylic oxidation sites excluding steroid dienone is 7. The van der Waals surface area contributed by atoms with Crippen molar-refractivity contribution >= 4 is 94.0 Å². The molecule has 1 unspecified atom stereocenters. The second-order valence-corrected chi connectivity index (χ2v) is 31.7. The number of anilines is 1. The van der Waals surface area contributed by atoms with Crippen LogP contribution in [0.5, 0.6) is 0 Å². The summed E-state index contributed by atoms with van der Waals surface area (Å²) < 4.78 is 22.1. The molecular formula is C75H100Cl3N5O15. The first-order valence-electron chi connectivity index (χ1n) is 35.0. The maximum atomic E-state index is 13.5. The maximum Gasteiger partial charge on any atom is 0.404 e. The number of piperazine rings is 1. The minimum absolute atomic E-state index is 0. The second-order valence-electron chi connectivity index (χ2n) is 30.9. The lowest BCUT2D eigenvalue weighted by Crippen LogP contribution is -2.61. The van der Waals surface area contributed by atoms with Gasteiger partial charge in [-0.1, -0.05) is 64.0 Å². The number of fused-ring (bicyclic) bond motifs is 14. The Kier molecular flexibility index (Phi) is 21.3. The van der Waals surface area contributed by atoms with Crippen molar-refractivity contribution in [2.24, 2.45) is 80.5 Å². The molecule has 0 bridgehead atoms. The van der Waals surface area contributed by atoms with Crippen LogP contribution in [-0.2, 0) is 63.7 Å².